The van der Waals surface area contributed by atoms with E-state index in [1.54, 1.807) is 6.08 Å². The minimum atomic E-state index is -0.897. The van der Waals surface area contributed by atoms with Gasteiger partial charge in [-0.25, -0.2) is 4.79 Å². The molecule has 0 aliphatic carbocycles. The van der Waals surface area contributed by atoms with Crippen LogP contribution in [0.5, 0.6) is 0 Å². The Balaban J connectivity index is 2.67. The van der Waals surface area contributed by atoms with Crippen molar-refractivity contribution in [1.82, 2.24) is 4.90 Å². The molecule has 0 radical (unpaired) electrons. The first-order valence-electron chi connectivity index (χ1n) is 6.05. The average molecular weight is 247 g/mol. The van der Waals surface area contributed by atoms with E-state index in [0.717, 1.165) is 6.54 Å². The molecule has 1 N–H and O–H groups in total. The second-order valence-electron chi connectivity index (χ2n) is 4.80. The fourth-order valence-corrected chi connectivity index (χ4v) is 1.88. The van der Waals surface area contributed by atoms with Crippen molar-refractivity contribution >= 4 is 5.97 Å². The Morgan fingerprint density at radius 3 is 2.44 bits per heavy atom. The predicted octanol–water partition coefficient (Wildman–Crippen LogP) is 2.68. The summed E-state index contributed by atoms with van der Waals surface area (Å²) in [5.41, 5.74) is 5.19. The fraction of sp³-hybridized carbons (Fsp3) is 0.400. The SMILES string of the molecule is Cc1cc(C)c(CN(C)C/C=C/C(=O)O)cc1C. The zero-order valence-corrected chi connectivity index (χ0v) is 11.5. The number of benzene rings is 1. The molecular weight excluding hydrogens is 226 g/mol. The van der Waals surface area contributed by atoms with Gasteiger partial charge in [0.25, 0.3) is 0 Å². The molecule has 0 aromatic heterocycles. The Kier molecular flexibility index (Phi) is 5.10. The third-order valence-corrected chi connectivity index (χ3v) is 3.07. The van der Waals surface area contributed by atoms with Crippen LogP contribution in [-0.4, -0.2) is 29.6 Å². The maximum Gasteiger partial charge on any atom is 0.328 e. The maximum atomic E-state index is 10.4. The van der Waals surface area contributed by atoms with Crippen LogP contribution < -0.4 is 0 Å². The van der Waals surface area contributed by atoms with Crippen molar-refractivity contribution < 1.29 is 9.90 Å². The second-order valence-corrected chi connectivity index (χ2v) is 4.80. The number of nitrogens with zero attached hydrogens (tertiary/aromatic N) is 1. The number of likely N-dealkylation sites (N-methyl/N-ethyl adjacent to an activating group) is 1. The summed E-state index contributed by atoms with van der Waals surface area (Å²) in [5.74, 6) is -0.897. The van der Waals surface area contributed by atoms with Gasteiger partial charge in [0.15, 0.2) is 0 Å². The Bertz CT molecular complexity index is 464. The summed E-state index contributed by atoms with van der Waals surface area (Å²) in [5, 5.41) is 8.52. The molecule has 0 aliphatic heterocycles. The number of aryl methyl sites for hydroxylation is 3. The van der Waals surface area contributed by atoms with Gasteiger partial charge in [-0.3, -0.25) is 4.90 Å². The minimum absolute atomic E-state index is 0.638. The van der Waals surface area contributed by atoms with Gasteiger partial charge in [0.1, 0.15) is 0 Å². The Morgan fingerprint density at radius 1 is 1.22 bits per heavy atom. The molecule has 1 aromatic carbocycles. The van der Waals surface area contributed by atoms with E-state index in [1.807, 2.05) is 7.05 Å². The molecule has 0 spiro atoms. The molecule has 0 atom stereocenters. The van der Waals surface area contributed by atoms with Crippen molar-refractivity contribution in [3.63, 3.8) is 0 Å². The minimum Gasteiger partial charge on any atom is -0.478 e. The van der Waals surface area contributed by atoms with E-state index in [-0.39, 0.29) is 0 Å². The van der Waals surface area contributed by atoms with Gasteiger partial charge < -0.3 is 5.11 Å². The molecule has 0 bridgehead atoms. The standard InChI is InChI=1S/C15H21NO2/c1-11-8-13(3)14(9-12(11)2)10-16(4)7-5-6-15(17)18/h5-6,8-9H,7,10H2,1-4H3,(H,17,18)/b6-5+. The molecule has 1 rings (SSSR count). The van der Waals surface area contributed by atoms with Crippen molar-refractivity contribution in [3.05, 3.63) is 46.5 Å². The van der Waals surface area contributed by atoms with Gasteiger partial charge in [-0.1, -0.05) is 18.2 Å². The molecule has 0 unspecified atom stereocenters. The lowest BCUT2D eigenvalue weighted by molar-refractivity contribution is -0.131. The molecule has 0 saturated heterocycles. The number of carboxylic acid groups (broad SMARTS) is 1. The number of carboxylic acids is 1. The van der Waals surface area contributed by atoms with E-state index in [0.29, 0.717) is 6.54 Å². The van der Waals surface area contributed by atoms with Crippen molar-refractivity contribution in [1.29, 1.82) is 0 Å². The molecule has 1 aromatic rings. The molecule has 98 valence electrons. The number of hydrogen-bond donors (Lipinski definition) is 1. The highest BCUT2D eigenvalue weighted by Crippen LogP contribution is 2.16. The van der Waals surface area contributed by atoms with Crippen LogP contribution in [0.4, 0.5) is 0 Å². The largest absolute Gasteiger partial charge is 0.478 e. The first-order chi connectivity index (χ1) is 8.40. The highest BCUT2D eigenvalue weighted by molar-refractivity contribution is 5.79. The molecule has 3 nitrogen and oxygen atoms in total. The Hall–Kier alpha value is -1.61. The summed E-state index contributed by atoms with van der Waals surface area (Å²) in [6.07, 6.45) is 2.85. The van der Waals surface area contributed by atoms with Gasteiger partial charge in [0.2, 0.25) is 0 Å². The Labute approximate surface area is 109 Å². The number of aliphatic carboxylic acids is 1. The van der Waals surface area contributed by atoms with Crippen LogP contribution in [0.25, 0.3) is 0 Å². The first kappa shape index (κ1) is 14.5. The molecule has 0 aliphatic rings. The van der Waals surface area contributed by atoms with Gasteiger partial charge in [0, 0.05) is 19.2 Å². The van der Waals surface area contributed by atoms with E-state index >= 15 is 0 Å². The molecule has 3 heteroatoms. The van der Waals surface area contributed by atoms with E-state index in [1.165, 1.54) is 28.3 Å². The summed E-state index contributed by atoms with van der Waals surface area (Å²) in [4.78, 5) is 12.5. The van der Waals surface area contributed by atoms with E-state index in [4.69, 9.17) is 5.11 Å². The van der Waals surface area contributed by atoms with Crippen LogP contribution in [0.15, 0.2) is 24.3 Å². The number of hydrogen-bond acceptors (Lipinski definition) is 2. The fourth-order valence-electron chi connectivity index (χ4n) is 1.88. The van der Waals surface area contributed by atoms with Crippen LogP contribution in [0.3, 0.4) is 0 Å². The van der Waals surface area contributed by atoms with Crippen molar-refractivity contribution in [2.24, 2.45) is 0 Å². The molecule has 0 fully saturated rings. The van der Waals surface area contributed by atoms with Gasteiger partial charge in [-0.2, -0.15) is 0 Å². The lowest BCUT2D eigenvalue weighted by Crippen LogP contribution is -2.18. The quantitative estimate of drug-likeness (QED) is 0.813. The number of carbonyl (C=O) groups is 1. The van der Waals surface area contributed by atoms with Gasteiger partial charge in [-0.05, 0) is 50.1 Å². The summed E-state index contributed by atoms with van der Waals surface area (Å²) in [6, 6.07) is 4.41. The molecule has 18 heavy (non-hydrogen) atoms. The monoisotopic (exact) mass is 247 g/mol. The van der Waals surface area contributed by atoms with Gasteiger partial charge >= 0.3 is 5.97 Å². The third-order valence-electron chi connectivity index (χ3n) is 3.07. The summed E-state index contributed by atoms with van der Waals surface area (Å²) >= 11 is 0. The second kappa shape index (κ2) is 6.36. The van der Waals surface area contributed by atoms with E-state index < -0.39 is 5.97 Å². The summed E-state index contributed by atoms with van der Waals surface area (Å²) < 4.78 is 0. The van der Waals surface area contributed by atoms with Gasteiger partial charge in [0.05, 0.1) is 0 Å². The first-order valence-corrected chi connectivity index (χ1v) is 6.05. The van der Waals surface area contributed by atoms with E-state index in [9.17, 15) is 4.79 Å². The third kappa shape index (κ3) is 4.34. The Morgan fingerprint density at radius 2 is 1.83 bits per heavy atom. The molecule has 0 amide bonds. The molecular formula is C15H21NO2. The van der Waals surface area contributed by atoms with Crippen molar-refractivity contribution in [3.8, 4) is 0 Å². The van der Waals surface area contributed by atoms with E-state index in [2.05, 4.69) is 37.8 Å². The maximum absolute atomic E-state index is 10.4. The smallest absolute Gasteiger partial charge is 0.328 e. The zero-order valence-electron chi connectivity index (χ0n) is 11.5. The predicted molar refractivity (Wildman–Crippen MR) is 73.8 cm³/mol. The van der Waals surface area contributed by atoms with Crippen LogP contribution >= 0.6 is 0 Å². The van der Waals surface area contributed by atoms with Crippen molar-refractivity contribution in [2.75, 3.05) is 13.6 Å². The van der Waals surface area contributed by atoms with Crippen LogP contribution in [0.2, 0.25) is 0 Å². The van der Waals surface area contributed by atoms with Gasteiger partial charge in [-0.15, -0.1) is 0 Å². The normalized spacial score (nSPS) is 11.4. The topological polar surface area (TPSA) is 40.5 Å². The zero-order chi connectivity index (χ0) is 13.7. The average Bonchev–Trinajstić information content (AvgIpc) is 2.25. The van der Waals surface area contributed by atoms with Crippen molar-refractivity contribution in [2.45, 2.75) is 27.3 Å². The highest BCUT2D eigenvalue weighted by atomic mass is 16.4. The molecule has 0 saturated carbocycles. The lowest BCUT2D eigenvalue weighted by atomic mass is 10.0. The van der Waals surface area contributed by atoms with Crippen LogP contribution in [0.1, 0.15) is 22.3 Å². The van der Waals surface area contributed by atoms with Crippen LogP contribution in [-0.2, 0) is 11.3 Å². The number of rotatable bonds is 5. The highest BCUT2D eigenvalue weighted by Gasteiger charge is 2.04. The van der Waals surface area contributed by atoms with Crippen LogP contribution in [0, 0.1) is 20.8 Å². The summed E-state index contributed by atoms with van der Waals surface area (Å²) in [6.45, 7) is 7.81. The lowest BCUT2D eigenvalue weighted by Gasteiger charge is -2.17. The summed E-state index contributed by atoms with van der Waals surface area (Å²) in [7, 11) is 1.99. The molecule has 0 heterocycles.